The van der Waals surface area contributed by atoms with E-state index in [9.17, 15) is 4.39 Å². The molecule has 0 saturated heterocycles. The first-order chi connectivity index (χ1) is 7.02. The summed E-state index contributed by atoms with van der Waals surface area (Å²) in [4.78, 5) is 0. The molecule has 0 saturated carbocycles. The third kappa shape index (κ3) is 3.20. The minimum atomic E-state index is -0.300. The normalized spacial score (nSPS) is 13.1. The Morgan fingerprint density at radius 3 is 2.53 bits per heavy atom. The van der Waals surface area contributed by atoms with Crippen molar-refractivity contribution in [3.05, 3.63) is 29.6 Å². The lowest BCUT2D eigenvalue weighted by molar-refractivity contribution is 0.0224. The van der Waals surface area contributed by atoms with Crippen LogP contribution in [-0.4, -0.2) is 6.10 Å². The highest BCUT2D eigenvalue weighted by atomic mass is 19.1. The highest BCUT2D eigenvalue weighted by Gasteiger charge is 2.11. The van der Waals surface area contributed by atoms with Crippen LogP contribution in [-0.2, 0) is 11.3 Å². The Kier molecular flexibility index (Phi) is 4.09. The Morgan fingerprint density at radius 2 is 2.00 bits per heavy atom. The summed E-state index contributed by atoms with van der Waals surface area (Å²) >= 11 is 0. The average Bonchev–Trinajstić information content (AvgIpc) is 2.16. The Labute approximate surface area is 90.2 Å². The number of nitrogen functional groups attached to an aromatic ring is 1. The molecule has 0 amide bonds. The van der Waals surface area contributed by atoms with E-state index >= 15 is 0 Å². The third-order valence-corrected chi connectivity index (χ3v) is 2.58. The molecule has 3 heteroatoms. The molecule has 0 aliphatic carbocycles. The van der Waals surface area contributed by atoms with Gasteiger partial charge in [-0.3, -0.25) is 0 Å². The van der Waals surface area contributed by atoms with E-state index < -0.39 is 0 Å². The first-order valence-electron chi connectivity index (χ1n) is 5.16. The molecule has 0 bridgehead atoms. The van der Waals surface area contributed by atoms with Gasteiger partial charge in [-0.25, -0.2) is 4.39 Å². The van der Waals surface area contributed by atoms with Gasteiger partial charge in [0.25, 0.3) is 0 Å². The monoisotopic (exact) mass is 211 g/mol. The number of ether oxygens (including phenoxy) is 1. The molecule has 0 aromatic heterocycles. The Balaban J connectivity index is 2.65. The molecular formula is C12H18FNO. The summed E-state index contributed by atoms with van der Waals surface area (Å²) in [6.07, 6.45) is 0.101. The summed E-state index contributed by atoms with van der Waals surface area (Å²) in [7, 11) is 0. The molecule has 84 valence electrons. The van der Waals surface area contributed by atoms with Crippen molar-refractivity contribution in [2.45, 2.75) is 33.5 Å². The molecule has 1 aromatic carbocycles. The third-order valence-electron chi connectivity index (χ3n) is 2.58. The van der Waals surface area contributed by atoms with Crippen molar-refractivity contribution >= 4 is 5.69 Å². The van der Waals surface area contributed by atoms with Gasteiger partial charge in [-0.2, -0.15) is 0 Å². The number of anilines is 1. The Bertz CT molecular complexity index is 305. The summed E-state index contributed by atoms with van der Waals surface area (Å²) < 4.78 is 18.9. The van der Waals surface area contributed by atoms with E-state index in [1.165, 1.54) is 6.07 Å². The molecule has 0 heterocycles. The fraction of sp³-hybridized carbons (Fsp3) is 0.500. The number of rotatable bonds is 4. The van der Waals surface area contributed by atoms with E-state index in [0.717, 1.165) is 0 Å². The molecule has 0 aliphatic rings. The lowest BCUT2D eigenvalue weighted by Crippen LogP contribution is -2.16. The van der Waals surface area contributed by atoms with Crippen LogP contribution in [0.2, 0.25) is 0 Å². The molecule has 0 radical (unpaired) electrons. The molecule has 0 aliphatic heterocycles. The number of hydrogen-bond donors (Lipinski definition) is 1. The van der Waals surface area contributed by atoms with Crippen LogP contribution in [0.1, 0.15) is 26.3 Å². The molecule has 1 aromatic rings. The summed E-state index contributed by atoms with van der Waals surface area (Å²) in [6.45, 7) is 6.34. The van der Waals surface area contributed by atoms with Crippen LogP contribution in [0.4, 0.5) is 10.1 Å². The lowest BCUT2D eigenvalue weighted by atomic mass is 10.1. The van der Waals surface area contributed by atoms with E-state index in [1.54, 1.807) is 12.1 Å². The van der Waals surface area contributed by atoms with Gasteiger partial charge in [0.1, 0.15) is 5.82 Å². The average molecular weight is 211 g/mol. The first-order valence-corrected chi connectivity index (χ1v) is 5.16. The summed E-state index contributed by atoms with van der Waals surface area (Å²) in [5, 5.41) is 0. The zero-order valence-electron chi connectivity index (χ0n) is 9.46. The van der Waals surface area contributed by atoms with Gasteiger partial charge in [0.2, 0.25) is 0 Å². The molecular weight excluding hydrogens is 193 g/mol. The molecule has 0 fully saturated rings. The SMILES string of the molecule is CC(C)C(C)OCc1c(N)cccc1F. The lowest BCUT2D eigenvalue weighted by Gasteiger charge is -2.17. The number of halogens is 1. The molecule has 15 heavy (non-hydrogen) atoms. The molecule has 1 unspecified atom stereocenters. The van der Waals surface area contributed by atoms with Gasteiger partial charge in [-0.1, -0.05) is 19.9 Å². The predicted octanol–water partition coefficient (Wildman–Crippen LogP) is 2.97. The van der Waals surface area contributed by atoms with Gasteiger partial charge in [0.05, 0.1) is 12.7 Å². The number of nitrogens with two attached hydrogens (primary N) is 1. The maximum Gasteiger partial charge on any atom is 0.130 e. The molecule has 1 atom stereocenters. The van der Waals surface area contributed by atoms with Gasteiger partial charge in [-0.15, -0.1) is 0 Å². The van der Waals surface area contributed by atoms with Gasteiger partial charge < -0.3 is 10.5 Å². The van der Waals surface area contributed by atoms with Crippen LogP contribution >= 0.6 is 0 Å². The van der Waals surface area contributed by atoms with Crippen molar-refractivity contribution in [1.82, 2.24) is 0 Å². The highest BCUT2D eigenvalue weighted by Crippen LogP contribution is 2.18. The Hall–Kier alpha value is -1.09. The van der Waals surface area contributed by atoms with Gasteiger partial charge in [0.15, 0.2) is 0 Å². The predicted molar refractivity (Wildman–Crippen MR) is 59.9 cm³/mol. The van der Waals surface area contributed by atoms with Crippen molar-refractivity contribution in [3.63, 3.8) is 0 Å². The molecule has 1 rings (SSSR count). The van der Waals surface area contributed by atoms with E-state index in [2.05, 4.69) is 13.8 Å². The van der Waals surface area contributed by atoms with Crippen LogP contribution in [0, 0.1) is 11.7 Å². The Morgan fingerprint density at radius 1 is 1.33 bits per heavy atom. The van der Waals surface area contributed by atoms with Crippen molar-refractivity contribution in [2.75, 3.05) is 5.73 Å². The van der Waals surface area contributed by atoms with Crippen LogP contribution in [0.3, 0.4) is 0 Å². The van der Waals surface area contributed by atoms with Crippen molar-refractivity contribution < 1.29 is 9.13 Å². The maximum absolute atomic E-state index is 13.3. The molecule has 2 N–H and O–H groups in total. The minimum Gasteiger partial charge on any atom is -0.398 e. The van der Waals surface area contributed by atoms with Crippen LogP contribution in [0.15, 0.2) is 18.2 Å². The summed E-state index contributed by atoms with van der Waals surface area (Å²) in [5.41, 5.74) is 6.56. The van der Waals surface area contributed by atoms with Crippen molar-refractivity contribution in [1.29, 1.82) is 0 Å². The van der Waals surface area contributed by atoms with Gasteiger partial charge in [0, 0.05) is 11.3 Å². The summed E-state index contributed by atoms with van der Waals surface area (Å²) in [6, 6.07) is 4.68. The fourth-order valence-electron chi connectivity index (χ4n) is 1.13. The largest absolute Gasteiger partial charge is 0.398 e. The molecule has 0 spiro atoms. The van der Waals surface area contributed by atoms with Gasteiger partial charge >= 0.3 is 0 Å². The minimum absolute atomic E-state index is 0.101. The topological polar surface area (TPSA) is 35.2 Å². The number of hydrogen-bond acceptors (Lipinski definition) is 2. The van der Waals surface area contributed by atoms with Gasteiger partial charge in [-0.05, 0) is 25.0 Å². The smallest absolute Gasteiger partial charge is 0.130 e. The van der Waals surface area contributed by atoms with Crippen molar-refractivity contribution in [2.24, 2.45) is 5.92 Å². The quantitative estimate of drug-likeness (QED) is 0.777. The standard InChI is InChI=1S/C12H18FNO/c1-8(2)9(3)15-7-10-11(13)5-4-6-12(10)14/h4-6,8-9H,7,14H2,1-3H3. The highest BCUT2D eigenvalue weighted by molar-refractivity contribution is 5.46. The van der Waals surface area contributed by atoms with Crippen LogP contribution in [0.5, 0.6) is 0 Å². The van der Waals surface area contributed by atoms with Crippen LogP contribution < -0.4 is 5.73 Å². The molecule has 2 nitrogen and oxygen atoms in total. The zero-order chi connectivity index (χ0) is 11.4. The summed E-state index contributed by atoms with van der Waals surface area (Å²) in [5.74, 6) is 0.115. The zero-order valence-corrected chi connectivity index (χ0v) is 9.46. The second-order valence-corrected chi connectivity index (χ2v) is 4.07. The maximum atomic E-state index is 13.3. The van der Waals surface area contributed by atoms with E-state index in [4.69, 9.17) is 10.5 Å². The number of benzene rings is 1. The van der Waals surface area contributed by atoms with E-state index in [1.807, 2.05) is 6.92 Å². The fourth-order valence-corrected chi connectivity index (χ4v) is 1.13. The van der Waals surface area contributed by atoms with E-state index in [0.29, 0.717) is 17.2 Å². The second-order valence-electron chi connectivity index (χ2n) is 4.07. The van der Waals surface area contributed by atoms with E-state index in [-0.39, 0.29) is 18.5 Å². The first kappa shape index (κ1) is 12.0. The van der Waals surface area contributed by atoms with Crippen LogP contribution in [0.25, 0.3) is 0 Å². The second kappa shape index (κ2) is 5.12. The van der Waals surface area contributed by atoms with Crippen molar-refractivity contribution in [3.8, 4) is 0 Å².